The standard InChI is InChI=1S/C27H25NO4/c1-30-25-14-12-22(17-29)16-24(25)23-13-15-26(31-18-20-8-4-2-5-9-20)28-27(23)32-19-21-10-6-3-7-11-21/h2-16,29H,17-19H2,1H3. The maximum atomic E-state index is 9.61. The van der Waals surface area contributed by atoms with E-state index in [1.165, 1.54) is 0 Å². The van der Waals surface area contributed by atoms with E-state index in [9.17, 15) is 5.11 Å². The van der Waals surface area contributed by atoms with Gasteiger partial charge in [-0.3, -0.25) is 0 Å². The Bertz CT molecular complexity index is 1150. The van der Waals surface area contributed by atoms with Crippen LogP contribution in [0.5, 0.6) is 17.5 Å². The number of benzene rings is 3. The second-order valence-corrected chi connectivity index (χ2v) is 7.24. The fourth-order valence-corrected chi connectivity index (χ4v) is 3.34. The van der Waals surface area contributed by atoms with Crippen LogP contribution in [0.2, 0.25) is 0 Å². The fourth-order valence-electron chi connectivity index (χ4n) is 3.34. The molecule has 3 aromatic carbocycles. The molecule has 4 aromatic rings. The molecule has 0 saturated carbocycles. The SMILES string of the molecule is COc1ccc(CO)cc1-c1ccc(OCc2ccccc2)nc1OCc1ccccc1. The lowest BCUT2D eigenvalue weighted by Crippen LogP contribution is -2.03. The molecule has 0 fully saturated rings. The third-order valence-corrected chi connectivity index (χ3v) is 5.02. The van der Waals surface area contributed by atoms with Crippen molar-refractivity contribution >= 4 is 0 Å². The van der Waals surface area contributed by atoms with Crippen molar-refractivity contribution in [1.29, 1.82) is 0 Å². The summed E-state index contributed by atoms with van der Waals surface area (Å²) in [4.78, 5) is 4.65. The van der Waals surface area contributed by atoms with Gasteiger partial charge in [0.25, 0.3) is 0 Å². The summed E-state index contributed by atoms with van der Waals surface area (Å²) in [5, 5.41) is 9.61. The van der Waals surface area contributed by atoms with Crippen LogP contribution in [0.1, 0.15) is 16.7 Å². The van der Waals surface area contributed by atoms with E-state index in [0.29, 0.717) is 30.7 Å². The van der Waals surface area contributed by atoms with Crippen LogP contribution >= 0.6 is 0 Å². The Hall–Kier alpha value is -3.83. The predicted molar refractivity (Wildman–Crippen MR) is 124 cm³/mol. The summed E-state index contributed by atoms with van der Waals surface area (Å²) in [5.41, 5.74) is 4.43. The maximum absolute atomic E-state index is 9.61. The van der Waals surface area contributed by atoms with Crippen molar-refractivity contribution in [2.45, 2.75) is 19.8 Å². The van der Waals surface area contributed by atoms with Gasteiger partial charge >= 0.3 is 0 Å². The van der Waals surface area contributed by atoms with Crippen molar-refractivity contribution in [3.63, 3.8) is 0 Å². The molecule has 0 bridgehead atoms. The maximum Gasteiger partial charge on any atom is 0.225 e. The molecule has 0 amide bonds. The van der Waals surface area contributed by atoms with Crippen LogP contribution in [0.4, 0.5) is 0 Å². The van der Waals surface area contributed by atoms with E-state index in [1.807, 2.05) is 91.0 Å². The minimum absolute atomic E-state index is 0.0666. The van der Waals surface area contributed by atoms with Crippen LogP contribution in [0, 0.1) is 0 Å². The van der Waals surface area contributed by atoms with Crippen LogP contribution in [0.15, 0.2) is 91.0 Å². The number of ether oxygens (including phenoxy) is 3. The number of hydrogen-bond donors (Lipinski definition) is 1. The summed E-state index contributed by atoms with van der Waals surface area (Å²) in [6, 6.07) is 29.1. The van der Waals surface area contributed by atoms with Crippen molar-refractivity contribution in [2.75, 3.05) is 7.11 Å². The van der Waals surface area contributed by atoms with Gasteiger partial charge in [-0.2, -0.15) is 4.98 Å². The number of nitrogens with zero attached hydrogens (tertiary/aromatic N) is 1. The largest absolute Gasteiger partial charge is 0.496 e. The molecular weight excluding hydrogens is 402 g/mol. The van der Waals surface area contributed by atoms with Gasteiger partial charge in [0.2, 0.25) is 11.8 Å². The van der Waals surface area contributed by atoms with Crippen LogP contribution in [-0.2, 0) is 19.8 Å². The molecule has 4 rings (SSSR count). The molecule has 5 heteroatoms. The van der Waals surface area contributed by atoms with Crippen LogP contribution in [0.3, 0.4) is 0 Å². The Morgan fingerprint density at radius 2 is 1.34 bits per heavy atom. The first kappa shape index (κ1) is 21.4. The van der Waals surface area contributed by atoms with E-state index in [0.717, 1.165) is 27.8 Å². The zero-order valence-corrected chi connectivity index (χ0v) is 17.9. The average molecular weight is 428 g/mol. The molecule has 1 N–H and O–H groups in total. The number of aliphatic hydroxyl groups excluding tert-OH is 1. The second kappa shape index (κ2) is 10.5. The van der Waals surface area contributed by atoms with E-state index in [-0.39, 0.29) is 6.61 Å². The van der Waals surface area contributed by atoms with Gasteiger partial charge in [-0.15, -0.1) is 0 Å². The third-order valence-electron chi connectivity index (χ3n) is 5.02. The van der Waals surface area contributed by atoms with Gasteiger partial charge in [-0.05, 0) is 34.9 Å². The molecule has 1 aromatic heterocycles. The molecule has 0 aliphatic carbocycles. The first-order valence-electron chi connectivity index (χ1n) is 10.4. The van der Waals surface area contributed by atoms with E-state index in [4.69, 9.17) is 14.2 Å². The van der Waals surface area contributed by atoms with Gasteiger partial charge in [-0.1, -0.05) is 66.7 Å². The molecule has 0 radical (unpaired) electrons. The first-order valence-corrected chi connectivity index (χ1v) is 10.4. The number of rotatable bonds is 9. The molecule has 0 saturated heterocycles. The van der Waals surface area contributed by atoms with Gasteiger partial charge in [0.15, 0.2) is 0 Å². The first-order chi connectivity index (χ1) is 15.8. The second-order valence-electron chi connectivity index (χ2n) is 7.24. The van der Waals surface area contributed by atoms with Gasteiger partial charge in [0.05, 0.1) is 13.7 Å². The van der Waals surface area contributed by atoms with Crippen LogP contribution < -0.4 is 14.2 Å². The average Bonchev–Trinajstić information content (AvgIpc) is 2.87. The highest BCUT2D eigenvalue weighted by Gasteiger charge is 2.16. The van der Waals surface area contributed by atoms with Gasteiger partial charge in [0.1, 0.15) is 19.0 Å². The Morgan fingerprint density at radius 3 is 1.97 bits per heavy atom. The Kier molecular flexibility index (Phi) is 7.00. The number of aliphatic hydroxyl groups is 1. The number of pyridine rings is 1. The topological polar surface area (TPSA) is 60.8 Å². The lowest BCUT2D eigenvalue weighted by molar-refractivity contribution is 0.268. The highest BCUT2D eigenvalue weighted by molar-refractivity contribution is 5.75. The molecule has 0 aliphatic rings. The molecule has 0 aliphatic heterocycles. The van der Waals surface area contributed by atoms with Gasteiger partial charge < -0.3 is 19.3 Å². The summed E-state index contributed by atoms with van der Waals surface area (Å²) in [6.45, 7) is 0.711. The van der Waals surface area contributed by atoms with E-state index >= 15 is 0 Å². The van der Waals surface area contributed by atoms with Crippen LogP contribution in [-0.4, -0.2) is 17.2 Å². The highest BCUT2D eigenvalue weighted by Crippen LogP contribution is 2.37. The van der Waals surface area contributed by atoms with E-state index < -0.39 is 0 Å². The lowest BCUT2D eigenvalue weighted by atomic mass is 10.0. The molecule has 162 valence electrons. The van der Waals surface area contributed by atoms with Crippen molar-refractivity contribution in [2.24, 2.45) is 0 Å². The summed E-state index contributed by atoms with van der Waals surface area (Å²) < 4.78 is 17.6. The molecule has 32 heavy (non-hydrogen) atoms. The minimum Gasteiger partial charge on any atom is -0.496 e. The Labute approximate surface area is 187 Å². The molecular formula is C27H25NO4. The summed E-state index contributed by atoms with van der Waals surface area (Å²) in [7, 11) is 1.62. The Morgan fingerprint density at radius 1 is 0.688 bits per heavy atom. The van der Waals surface area contributed by atoms with Gasteiger partial charge in [-0.25, -0.2) is 0 Å². The van der Waals surface area contributed by atoms with Crippen molar-refractivity contribution in [3.8, 4) is 28.6 Å². The Balaban J connectivity index is 1.66. The predicted octanol–water partition coefficient (Wildman–Crippen LogP) is 5.41. The zero-order chi connectivity index (χ0) is 22.2. The minimum atomic E-state index is -0.0666. The fraction of sp³-hybridized carbons (Fsp3) is 0.148. The van der Waals surface area contributed by atoms with E-state index in [1.54, 1.807) is 7.11 Å². The van der Waals surface area contributed by atoms with Crippen LogP contribution in [0.25, 0.3) is 11.1 Å². The lowest BCUT2D eigenvalue weighted by Gasteiger charge is -2.16. The summed E-state index contributed by atoms with van der Waals surface area (Å²) in [5.74, 6) is 1.58. The molecule has 5 nitrogen and oxygen atoms in total. The molecule has 1 heterocycles. The normalized spacial score (nSPS) is 10.6. The number of methoxy groups -OCH3 is 1. The van der Waals surface area contributed by atoms with Gasteiger partial charge in [0, 0.05) is 17.2 Å². The van der Waals surface area contributed by atoms with E-state index in [2.05, 4.69) is 4.98 Å². The zero-order valence-electron chi connectivity index (χ0n) is 17.9. The van der Waals surface area contributed by atoms with Crippen molar-refractivity contribution in [1.82, 2.24) is 4.98 Å². The number of aromatic nitrogens is 1. The highest BCUT2D eigenvalue weighted by atomic mass is 16.5. The molecule has 0 unspecified atom stereocenters. The molecule has 0 atom stereocenters. The quantitative estimate of drug-likeness (QED) is 0.387. The third kappa shape index (κ3) is 5.25. The smallest absolute Gasteiger partial charge is 0.225 e. The monoisotopic (exact) mass is 427 g/mol. The van der Waals surface area contributed by atoms with Crippen molar-refractivity contribution in [3.05, 3.63) is 108 Å². The number of hydrogen-bond acceptors (Lipinski definition) is 5. The summed E-state index contributed by atoms with van der Waals surface area (Å²) in [6.07, 6.45) is 0. The molecule has 0 spiro atoms. The summed E-state index contributed by atoms with van der Waals surface area (Å²) >= 11 is 0. The van der Waals surface area contributed by atoms with Crippen molar-refractivity contribution < 1.29 is 19.3 Å².